The molecule has 114 valence electrons. The standard InChI is InChI=1S/C17H25N3S/c1-12(2)14-8-10-15(11-9-14)18-17(21)20-19-16-7-5-4-6-13(16)3/h8-13H,4-7H2,1-3H3,(H2,18,20,21)/b19-16+. The number of nitrogens with one attached hydrogen (secondary N) is 2. The van der Waals surface area contributed by atoms with E-state index < -0.39 is 0 Å². The molecule has 0 aromatic heterocycles. The number of hydrazone groups is 1. The second kappa shape index (κ2) is 7.55. The molecule has 1 aromatic rings. The Kier molecular flexibility index (Phi) is 5.74. The smallest absolute Gasteiger partial charge is 0.191 e. The highest BCUT2D eigenvalue weighted by Gasteiger charge is 2.15. The Morgan fingerprint density at radius 1 is 1.24 bits per heavy atom. The fraction of sp³-hybridized carbons (Fsp3) is 0.529. The minimum absolute atomic E-state index is 0.545. The van der Waals surface area contributed by atoms with Crippen LogP contribution >= 0.6 is 12.2 Å². The van der Waals surface area contributed by atoms with Crippen molar-refractivity contribution in [2.45, 2.75) is 52.4 Å². The first-order valence-electron chi connectivity index (χ1n) is 7.79. The van der Waals surface area contributed by atoms with Crippen LogP contribution in [0, 0.1) is 5.92 Å². The SMILES string of the molecule is CC1CCCC/C1=N\NC(=S)Nc1ccc(C(C)C)cc1. The quantitative estimate of drug-likeness (QED) is 0.629. The van der Waals surface area contributed by atoms with Crippen molar-refractivity contribution in [1.82, 2.24) is 5.43 Å². The Labute approximate surface area is 133 Å². The molecular weight excluding hydrogens is 278 g/mol. The lowest BCUT2D eigenvalue weighted by Gasteiger charge is -2.20. The molecule has 1 aliphatic carbocycles. The molecule has 1 saturated carbocycles. The molecule has 0 spiro atoms. The summed E-state index contributed by atoms with van der Waals surface area (Å²) >= 11 is 5.30. The van der Waals surface area contributed by atoms with Crippen LogP contribution in [0.1, 0.15) is 57.9 Å². The third-order valence-electron chi connectivity index (χ3n) is 4.03. The van der Waals surface area contributed by atoms with Crippen molar-refractivity contribution in [3.05, 3.63) is 29.8 Å². The van der Waals surface area contributed by atoms with Crippen LogP contribution in [-0.4, -0.2) is 10.8 Å². The summed E-state index contributed by atoms with van der Waals surface area (Å²) < 4.78 is 0. The monoisotopic (exact) mass is 303 g/mol. The lowest BCUT2D eigenvalue weighted by Crippen LogP contribution is -2.27. The van der Waals surface area contributed by atoms with Crippen molar-refractivity contribution >= 4 is 28.7 Å². The van der Waals surface area contributed by atoms with Gasteiger partial charge in [0.15, 0.2) is 5.11 Å². The van der Waals surface area contributed by atoms with Gasteiger partial charge >= 0.3 is 0 Å². The molecule has 2 rings (SSSR count). The number of benzene rings is 1. The van der Waals surface area contributed by atoms with Crippen LogP contribution in [0.15, 0.2) is 29.4 Å². The first-order valence-corrected chi connectivity index (χ1v) is 8.20. The molecule has 21 heavy (non-hydrogen) atoms. The van der Waals surface area contributed by atoms with Crippen LogP contribution in [0.2, 0.25) is 0 Å². The summed E-state index contributed by atoms with van der Waals surface area (Å²) in [5.41, 5.74) is 6.54. The fourth-order valence-electron chi connectivity index (χ4n) is 2.57. The number of hydrogen-bond donors (Lipinski definition) is 2. The summed E-state index contributed by atoms with van der Waals surface area (Å²) in [6, 6.07) is 8.37. The molecule has 0 amide bonds. The Morgan fingerprint density at radius 2 is 1.95 bits per heavy atom. The summed E-state index contributed by atoms with van der Waals surface area (Å²) in [5, 5.41) is 8.20. The van der Waals surface area contributed by atoms with Gasteiger partial charge in [0.2, 0.25) is 0 Å². The molecule has 4 heteroatoms. The summed E-state index contributed by atoms with van der Waals surface area (Å²) in [7, 11) is 0. The van der Waals surface area contributed by atoms with Gasteiger partial charge in [-0.15, -0.1) is 0 Å². The third-order valence-corrected chi connectivity index (χ3v) is 4.22. The highest BCUT2D eigenvalue weighted by atomic mass is 32.1. The molecule has 0 aliphatic heterocycles. The summed E-state index contributed by atoms with van der Waals surface area (Å²) in [6.45, 7) is 6.62. The maximum Gasteiger partial charge on any atom is 0.191 e. The average molecular weight is 303 g/mol. The highest BCUT2D eigenvalue weighted by molar-refractivity contribution is 7.80. The van der Waals surface area contributed by atoms with Gasteiger partial charge in [-0.05, 0) is 61.0 Å². The van der Waals surface area contributed by atoms with Gasteiger partial charge < -0.3 is 5.32 Å². The zero-order valence-electron chi connectivity index (χ0n) is 13.1. The molecular formula is C17H25N3S. The zero-order valence-corrected chi connectivity index (χ0v) is 14.0. The highest BCUT2D eigenvalue weighted by Crippen LogP contribution is 2.20. The molecule has 0 radical (unpaired) electrons. The average Bonchev–Trinajstić information content (AvgIpc) is 2.47. The van der Waals surface area contributed by atoms with E-state index in [0.29, 0.717) is 16.9 Å². The van der Waals surface area contributed by atoms with Crippen LogP contribution in [0.4, 0.5) is 5.69 Å². The van der Waals surface area contributed by atoms with E-state index in [-0.39, 0.29) is 0 Å². The van der Waals surface area contributed by atoms with E-state index in [9.17, 15) is 0 Å². The number of rotatable bonds is 3. The van der Waals surface area contributed by atoms with E-state index in [1.165, 1.54) is 30.5 Å². The van der Waals surface area contributed by atoms with Gasteiger partial charge in [-0.2, -0.15) is 5.10 Å². The van der Waals surface area contributed by atoms with Gasteiger partial charge in [-0.1, -0.05) is 39.3 Å². The van der Waals surface area contributed by atoms with E-state index in [1.807, 2.05) is 0 Å². The Bertz CT molecular complexity index is 505. The number of hydrogen-bond acceptors (Lipinski definition) is 2. The minimum Gasteiger partial charge on any atom is -0.331 e. The van der Waals surface area contributed by atoms with Crippen LogP contribution < -0.4 is 10.7 Å². The Balaban J connectivity index is 1.88. The topological polar surface area (TPSA) is 36.4 Å². The predicted molar refractivity (Wildman–Crippen MR) is 95.0 cm³/mol. The van der Waals surface area contributed by atoms with Gasteiger partial charge in [-0.3, -0.25) is 5.43 Å². The molecule has 0 bridgehead atoms. The lowest BCUT2D eigenvalue weighted by atomic mass is 9.89. The summed E-state index contributed by atoms with van der Waals surface area (Å²) in [5.74, 6) is 1.11. The van der Waals surface area contributed by atoms with E-state index >= 15 is 0 Å². The van der Waals surface area contributed by atoms with Gasteiger partial charge in [0.05, 0.1) is 0 Å². The van der Waals surface area contributed by atoms with Crippen LogP contribution in [0.25, 0.3) is 0 Å². The first-order chi connectivity index (χ1) is 10.1. The van der Waals surface area contributed by atoms with Gasteiger partial charge in [-0.25, -0.2) is 0 Å². The molecule has 1 unspecified atom stereocenters. The predicted octanol–water partition coefficient (Wildman–Crippen LogP) is 4.66. The molecule has 0 saturated heterocycles. The van der Waals surface area contributed by atoms with E-state index in [0.717, 1.165) is 12.1 Å². The molecule has 0 heterocycles. The zero-order chi connectivity index (χ0) is 15.2. The first kappa shape index (κ1) is 16.0. The number of thiocarbonyl (C=S) groups is 1. The third kappa shape index (κ3) is 4.81. The fourth-order valence-corrected chi connectivity index (χ4v) is 2.73. The van der Waals surface area contributed by atoms with Crippen molar-refractivity contribution in [2.24, 2.45) is 11.0 Å². The van der Waals surface area contributed by atoms with Crippen molar-refractivity contribution in [3.63, 3.8) is 0 Å². The van der Waals surface area contributed by atoms with Crippen molar-refractivity contribution in [3.8, 4) is 0 Å². The molecule has 1 fully saturated rings. The lowest BCUT2D eigenvalue weighted by molar-refractivity contribution is 0.555. The second-order valence-electron chi connectivity index (χ2n) is 6.09. The number of anilines is 1. The second-order valence-corrected chi connectivity index (χ2v) is 6.50. The van der Waals surface area contributed by atoms with Gasteiger partial charge in [0.1, 0.15) is 0 Å². The molecule has 3 nitrogen and oxygen atoms in total. The number of nitrogens with zero attached hydrogens (tertiary/aromatic N) is 1. The van der Waals surface area contributed by atoms with Crippen molar-refractivity contribution in [1.29, 1.82) is 0 Å². The van der Waals surface area contributed by atoms with Crippen LogP contribution in [0.3, 0.4) is 0 Å². The maximum absolute atomic E-state index is 5.30. The minimum atomic E-state index is 0.545. The van der Waals surface area contributed by atoms with Crippen molar-refractivity contribution in [2.75, 3.05) is 5.32 Å². The van der Waals surface area contributed by atoms with E-state index in [2.05, 4.69) is 60.9 Å². The molecule has 2 N–H and O–H groups in total. The Morgan fingerprint density at radius 3 is 2.57 bits per heavy atom. The summed E-state index contributed by atoms with van der Waals surface area (Å²) in [6.07, 6.45) is 4.87. The van der Waals surface area contributed by atoms with Gasteiger partial charge in [0.25, 0.3) is 0 Å². The van der Waals surface area contributed by atoms with Gasteiger partial charge in [0, 0.05) is 11.4 Å². The maximum atomic E-state index is 5.30. The molecule has 1 atom stereocenters. The van der Waals surface area contributed by atoms with E-state index in [4.69, 9.17) is 12.2 Å². The van der Waals surface area contributed by atoms with Crippen LogP contribution in [0.5, 0.6) is 0 Å². The van der Waals surface area contributed by atoms with Crippen molar-refractivity contribution < 1.29 is 0 Å². The normalized spacial score (nSPS) is 20.6. The summed E-state index contributed by atoms with van der Waals surface area (Å²) in [4.78, 5) is 0. The largest absolute Gasteiger partial charge is 0.331 e. The molecule has 1 aliphatic rings. The molecule has 1 aromatic carbocycles. The Hall–Kier alpha value is -1.42. The van der Waals surface area contributed by atoms with E-state index in [1.54, 1.807) is 0 Å². The van der Waals surface area contributed by atoms with Crippen LogP contribution in [-0.2, 0) is 0 Å².